The van der Waals surface area contributed by atoms with Crippen LogP contribution in [0, 0.1) is 5.92 Å². The summed E-state index contributed by atoms with van der Waals surface area (Å²) in [6, 6.07) is 7.66. The van der Waals surface area contributed by atoms with E-state index < -0.39 is 0 Å². The highest BCUT2D eigenvalue weighted by atomic mass is 16.5. The van der Waals surface area contributed by atoms with Gasteiger partial charge in [0.05, 0.1) is 32.8 Å². The monoisotopic (exact) mass is 305 g/mol. The Labute approximate surface area is 131 Å². The Balaban J connectivity index is 1.41. The average molecular weight is 305 g/mol. The molecule has 5 nitrogen and oxygen atoms in total. The molecule has 0 bridgehead atoms. The first-order valence-electron chi connectivity index (χ1n) is 7.85. The lowest BCUT2D eigenvalue weighted by Crippen LogP contribution is -2.55. The molecule has 2 heterocycles. The molecule has 2 fully saturated rings. The number of para-hydroxylation sites is 1. The number of nitrogens with zero attached hydrogens (tertiary/aromatic N) is 1. The van der Waals surface area contributed by atoms with Crippen LogP contribution in [-0.4, -0.2) is 56.9 Å². The van der Waals surface area contributed by atoms with Crippen molar-refractivity contribution in [2.24, 2.45) is 5.92 Å². The molecule has 0 aliphatic carbocycles. The molecule has 1 aromatic rings. The lowest BCUT2D eigenvalue weighted by Gasteiger charge is -2.39. The molecular formula is C17H23NO4. The fourth-order valence-electron chi connectivity index (χ4n) is 2.86. The number of carbonyl (C=O) groups is 1. The zero-order chi connectivity index (χ0) is 15.4. The van der Waals surface area contributed by atoms with E-state index in [2.05, 4.69) is 0 Å². The summed E-state index contributed by atoms with van der Waals surface area (Å²) in [4.78, 5) is 14.1. The van der Waals surface area contributed by atoms with Gasteiger partial charge in [0.25, 0.3) is 0 Å². The quantitative estimate of drug-likeness (QED) is 0.799. The Morgan fingerprint density at radius 3 is 2.91 bits per heavy atom. The number of amides is 1. The van der Waals surface area contributed by atoms with Crippen LogP contribution in [0.3, 0.4) is 0 Å². The Bertz CT molecular complexity index is 507. The Hall–Kier alpha value is -1.59. The standard InChI is InChI=1S/C17H23NO4/c1-20-16-5-3-2-4-14(16)8-17(19)18-9-15(10-18)22-12-13-6-7-21-11-13/h2-5,13,15H,6-12H2,1H3/t13-/m0/s1. The minimum atomic E-state index is 0.133. The van der Waals surface area contributed by atoms with E-state index in [1.54, 1.807) is 7.11 Å². The maximum absolute atomic E-state index is 12.3. The van der Waals surface area contributed by atoms with Gasteiger partial charge in [-0.15, -0.1) is 0 Å². The first-order chi connectivity index (χ1) is 10.8. The van der Waals surface area contributed by atoms with Crippen LogP contribution in [-0.2, 0) is 20.7 Å². The van der Waals surface area contributed by atoms with Gasteiger partial charge in [0.15, 0.2) is 0 Å². The van der Waals surface area contributed by atoms with E-state index in [1.165, 1.54) is 0 Å². The van der Waals surface area contributed by atoms with E-state index in [0.717, 1.165) is 37.6 Å². The van der Waals surface area contributed by atoms with Gasteiger partial charge < -0.3 is 19.1 Å². The van der Waals surface area contributed by atoms with Crippen LogP contribution in [0.1, 0.15) is 12.0 Å². The van der Waals surface area contributed by atoms with E-state index in [-0.39, 0.29) is 12.0 Å². The predicted octanol–water partition coefficient (Wildman–Crippen LogP) is 1.50. The lowest BCUT2D eigenvalue weighted by atomic mass is 10.1. The molecule has 1 atom stereocenters. The highest BCUT2D eigenvalue weighted by molar-refractivity contribution is 5.80. The van der Waals surface area contributed by atoms with Gasteiger partial charge in [-0.3, -0.25) is 4.79 Å². The summed E-state index contributed by atoms with van der Waals surface area (Å²) in [5.41, 5.74) is 0.933. The molecule has 0 spiro atoms. The summed E-state index contributed by atoms with van der Waals surface area (Å²) in [6.07, 6.45) is 1.65. The smallest absolute Gasteiger partial charge is 0.227 e. The molecule has 120 valence electrons. The highest BCUT2D eigenvalue weighted by Crippen LogP contribution is 2.21. The molecule has 0 aromatic heterocycles. The number of hydrogen-bond donors (Lipinski definition) is 0. The molecule has 3 rings (SSSR count). The van der Waals surface area contributed by atoms with Gasteiger partial charge in [-0.25, -0.2) is 0 Å². The average Bonchev–Trinajstić information content (AvgIpc) is 2.99. The van der Waals surface area contributed by atoms with Crippen LogP contribution in [0.15, 0.2) is 24.3 Å². The first kappa shape index (κ1) is 15.3. The molecule has 0 N–H and O–H groups in total. The molecule has 0 unspecified atom stereocenters. The van der Waals surface area contributed by atoms with Crippen molar-refractivity contribution in [1.82, 2.24) is 4.90 Å². The molecule has 0 saturated carbocycles. The second-order valence-electron chi connectivity index (χ2n) is 5.97. The number of methoxy groups -OCH3 is 1. The van der Waals surface area contributed by atoms with Crippen molar-refractivity contribution < 1.29 is 19.0 Å². The second kappa shape index (κ2) is 7.11. The third kappa shape index (κ3) is 3.59. The van der Waals surface area contributed by atoms with Crippen LogP contribution in [0.4, 0.5) is 0 Å². The summed E-state index contributed by atoms with van der Waals surface area (Å²) in [5.74, 6) is 1.43. The van der Waals surface area contributed by atoms with Crippen LogP contribution in [0.2, 0.25) is 0 Å². The number of ether oxygens (including phenoxy) is 3. The van der Waals surface area contributed by atoms with Crippen LogP contribution in [0.5, 0.6) is 5.75 Å². The van der Waals surface area contributed by atoms with E-state index >= 15 is 0 Å². The van der Waals surface area contributed by atoms with Gasteiger partial charge >= 0.3 is 0 Å². The Morgan fingerprint density at radius 1 is 1.36 bits per heavy atom. The topological polar surface area (TPSA) is 48.0 Å². The van der Waals surface area contributed by atoms with Crippen molar-refractivity contribution in [2.75, 3.05) is 40.0 Å². The Morgan fingerprint density at radius 2 is 2.18 bits per heavy atom. The first-order valence-corrected chi connectivity index (χ1v) is 7.85. The number of hydrogen-bond acceptors (Lipinski definition) is 4. The molecule has 0 radical (unpaired) electrons. The fourth-order valence-corrected chi connectivity index (χ4v) is 2.86. The number of rotatable bonds is 6. The second-order valence-corrected chi connectivity index (χ2v) is 5.97. The van der Waals surface area contributed by atoms with Crippen molar-refractivity contribution in [3.63, 3.8) is 0 Å². The van der Waals surface area contributed by atoms with Gasteiger partial charge in [0.1, 0.15) is 5.75 Å². The largest absolute Gasteiger partial charge is 0.496 e. The van der Waals surface area contributed by atoms with E-state index in [4.69, 9.17) is 14.2 Å². The number of likely N-dealkylation sites (tertiary alicyclic amines) is 1. The fraction of sp³-hybridized carbons (Fsp3) is 0.588. The van der Waals surface area contributed by atoms with Crippen molar-refractivity contribution in [1.29, 1.82) is 0 Å². The summed E-state index contributed by atoms with van der Waals surface area (Å²) in [5, 5.41) is 0. The van der Waals surface area contributed by atoms with Gasteiger partial charge in [0.2, 0.25) is 5.91 Å². The SMILES string of the molecule is COc1ccccc1CC(=O)N1CC(OC[C@H]2CCOC2)C1. The third-order valence-electron chi connectivity index (χ3n) is 4.33. The molecule has 1 amide bonds. The molecular weight excluding hydrogens is 282 g/mol. The van der Waals surface area contributed by atoms with Crippen molar-refractivity contribution in [3.05, 3.63) is 29.8 Å². The van der Waals surface area contributed by atoms with E-state index in [9.17, 15) is 4.79 Å². The normalized spacial score (nSPS) is 21.7. The van der Waals surface area contributed by atoms with Gasteiger partial charge in [-0.1, -0.05) is 18.2 Å². The summed E-state index contributed by atoms with van der Waals surface area (Å²) in [7, 11) is 1.63. The maximum Gasteiger partial charge on any atom is 0.227 e. The molecule has 22 heavy (non-hydrogen) atoms. The van der Waals surface area contributed by atoms with Crippen LogP contribution >= 0.6 is 0 Å². The summed E-state index contributed by atoms with van der Waals surface area (Å²) < 4.78 is 16.5. The third-order valence-corrected chi connectivity index (χ3v) is 4.33. The van der Waals surface area contributed by atoms with Gasteiger partial charge in [-0.2, -0.15) is 0 Å². The van der Waals surface area contributed by atoms with Crippen LogP contribution < -0.4 is 4.74 Å². The lowest BCUT2D eigenvalue weighted by molar-refractivity contribution is -0.145. The predicted molar refractivity (Wildman–Crippen MR) is 81.9 cm³/mol. The number of carbonyl (C=O) groups excluding carboxylic acids is 1. The number of benzene rings is 1. The van der Waals surface area contributed by atoms with Gasteiger partial charge in [0, 0.05) is 31.2 Å². The Kier molecular flexibility index (Phi) is 4.95. The zero-order valence-electron chi connectivity index (χ0n) is 13.0. The van der Waals surface area contributed by atoms with Crippen LogP contribution in [0.25, 0.3) is 0 Å². The van der Waals surface area contributed by atoms with E-state index in [0.29, 0.717) is 25.4 Å². The summed E-state index contributed by atoms with van der Waals surface area (Å²) in [6.45, 7) is 3.80. The minimum Gasteiger partial charge on any atom is -0.496 e. The van der Waals surface area contributed by atoms with Crippen molar-refractivity contribution in [3.8, 4) is 5.75 Å². The maximum atomic E-state index is 12.3. The molecule has 1 aromatic carbocycles. The van der Waals surface area contributed by atoms with Gasteiger partial charge in [-0.05, 0) is 12.5 Å². The molecule has 2 aliphatic heterocycles. The highest BCUT2D eigenvalue weighted by Gasteiger charge is 2.32. The van der Waals surface area contributed by atoms with Crippen molar-refractivity contribution in [2.45, 2.75) is 18.9 Å². The molecule has 2 aliphatic rings. The molecule has 2 saturated heterocycles. The summed E-state index contributed by atoms with van der Waals surface area (Å²) >= 11 is 0. The zero-order valence-corrected chi connectivity index (χ0v) is 13.0. The van der Waals surface area contributed by atoms with E-state index in [1.807, 2.05) is 29.2 Å². The molecule has 5 heteroatoms. The van der Waals surface area contributed by atoms with Crippen molar-refractivity contribution >= 4 is 5.91 Å². The minimum absolute atomic E-state index is 0.133.